The average Bonchev–Trinajstić information content (AvgIpc) is 2.62. The molecular weight excluding hydrogens is 364 g/mol. The van der Waals surface area contributed by atoms with E-state index in [0.29, 0.717) is 18.0 Å². The summed E-state index contributed by atoms with van der Waals surface area (Å²) >= 11 is 0. The number of hydrogen-bond donors (Lipinski definition) is 1. The summed E-state index contributed by atoms with van der Waals surface area (Å²) in [6, 6.07) is 12.5. The molecule has 2 aromatic rings. The van der Waals surface area contributed by atoms with E-state index in [4.69, 9.17) is 4.74 Å². The van der Waals surface area contributed by atoms with Crippen molar-refractivity contribution in [1.29, 1.82) is 0 Å². The highest BCUT2D eigenvalue weighted by atomic mass is 32.2. The van der Waals surface area contributed by atoms with Crippen molar-refractivity contribution in [2.75, 3.05) is 29.0 Å². The molecule has 0 saturated carbocycles. The fraction of sp³-hybridized carbons (Fsp3) is 0.350. The fourth-order valence-corrected chi connectivity index (χ4v) is 3.82. The highest BCUT2D eigenvalue weighted by Crippen LogP contribution is 2.23. The number of carbonyl (C=O) groups is 1. The summed E-state index contributed by atoms with van der Waals surface area (Å²) in [5.74, 6) is 0.258. The molecule has 0 fully saturated rings. The van der Waals surface area contributed by atoms with E-state index >= 15 is 0 Å². The Hall–Kier alpha value is -2.54. The van der Waals surface area contributed by atoms with Gasteiger partial charge in [-0.05, 0) is 55.7 Å². The summed E-state index contributed by atoms with van der Waals surface area (Å²) in [7, 11) is -3.32. The maximum Gasteiger partial charge on any atom is 0.262 e. The van der Waals surface area contributed by atoms with Crippen molar-refractivity contribution in [3.8, 4) is 5.75 Å². The van der Waals surface area contributed by atoms with E-state index in [1.54, 1.807) is 31.2 Å². The lowest BCUT2D eigenvalue weighted by Crippen LogP contribution is -2.29. The topological polar surface area (TPSA) is 75.7 Å². The quantitative estimate of drug-likeness (QED) is 0.750. The fourth-order valence-electron chi connectivity index (χ4n) is 2.84. The smallest absolute Gasteiger partial charge is 0.262 e. The number of amides is 1. The minimum atomic E-state index is -3.32. The molecule has 0 bridgehead atoms. The van der Waals surface area contributed by atoms with Crippen LogP contribution in [0.25, 0.3) is 0 Å². The van der Waals surface area contributed by atoms with E-state index in [9.17, 15) is 13.2 Å². The van der Waals surface area contributed by atoms with Crippen molar-refractivity contribution in [2.45, 2.75) is 27.2 Å². The van der Waals surface area contributed by atoms with E-state index in [1.165, 1.54) is 10.6 Å². The Morgan fingerprint density at radius 1 is 1.11 bits per heavy atom. The van der Waals surface area contributed by atoms with Crippen molar-refractivity contribution in [3.05, 3.63) is 53.6 Å². The third-order valence-electron chi connectivity index (χ3n) is 4.19. The Morgan fingerprint density at radius 2 is 1.78 bits per heavy atom. The zero-order chi connectivity index (χ0) is 20.0. The number of carbonyl (C=O) groups excluding carboxylic acids is 1. The summed E-state index contributed by atoms with van der Waals surface area (Å²) < 4.78 is 30.3. The number of nitrogens with one attached hydrogen (secondary N) is 1. The van der Waals surface area contributed by atoms with Gasteiger partial charge in [0.2, 0.25) is 10.0 Å². The molecule has 0 aliphatic heterocycles. The molecule has 0 saturated heterocycles. The van der Waals surface area contributed by atoms with E-state index < -0.39 is 10.0 Å². The lowest BCUT2D eigenvalue weighted by molar-refractivity contribution is -0.118. The van der Waals surface area contributed by atoms with Crippen LogP contribution in [0.1, 0.15) is 25.0 Å². The highest BCUT2D eigenvalue weighted by Gasteiger charge is 2.15. The highest BCUT2D eigenvalue weighted by molar-refractivity contribution is 7.92. The van der Waals surface area contributed by atoms with Gasteiger partial charge in [-0.2, -0.15) is 0 Å². The molecule has 0 atom stereocenters. The number of ether oxygens (including phenoxy) is 1. The first-order valence-corrected chi connectivity index (χ1v) is 10.7. The number of hydrogen-bond acceptors (Lipinski definition) is 4. The van der Waals surface area contributed by atoms with Crippen LogP contribution in [0.2, 0.25) is 0 Å². The molecule has 0 radical (unpaired) electrons. The zero-order valence-electron chi connectivity index (χ0n) is 16.2. The molecular formula is C20H26N2O4S. The summed E-state index contributed by atoms with van der Waals surface area (Å²) in [5.41, 5.74) is 3.47. The van der Waals surface area contributed by atoms with Gasteiger partial charge in [-0.1, -0.05) is 25.1 Å². The van der Waals surface area contributed by atoms with Crippen LogP contribution in [-0.2, 0) is 21.2 Å². The first kappa shape index (κ1) is 20.8. The Labute approximate surface area is 161 Å². The van der Waals surface area contributed by atoms with Crippen molar-refractivity contribution in [2.24, 2.45) is 0 Å². The maximum absolute atomic E-state index is 12.2. The Kier molecular flexibility index (Phi) is 6.85. The van der Waals surface area contributed by atoms with Gasteiger partial charge in [0.05, 0.1) is 11.9 Å². The van der Waals surface area contributed by atoms with Gasteiger partial charge in [0.15, 0.2) is 6.61 Å². The molecule has 1 N–H and O–H groups in total. The second-order valence-corrected chi connectivity index (χ2v) is 8.13. The zero-order valence-corrected chi connectivity index (χ0v) is 17.0. The van der Waals surface area contributed by atoms with Crippen LogP contribution in [0.5, 0.6) is 5.75 Å². The number of anilines is 2. The van der Waals surface area contributed by atoms with Crippen molar-refractivity contribution in [1.82, 2.24) is 0 Å². The summed E-state index contributed by atoms with van der Waals surface area (Å²) in [4.78, 5) is 12.2. The third kappa shape index (κ3) is 5.47. The molecule has 0 aromatic heterocycles. The molecule has 2 rings (SSSR count). The molecule has 0 unspecified atom stereocenters. The standard InChI is InChI=1S/C20H26N2O4S/c1-5-16-9-7-8-15(3)20(16)21-19(23)14-26-18-12-10-17(11-13-18)22(6-2)27(4,24)25/h7-13H,5-6,14H2,1-4H3,(H,21,23). The average molecular weight is 391 g/mol. The first-order valence-electron chi connectivity index (χ1n) is 8.85. The monoisotopic (exact) mass is 390 g/mol. The second-order valence-electron chi connectivity index (χ2n) is 6.22. The van der Waals surface area contributed by atoms with E-state index in [2.05, 4.69) is 5.32 Å². The summed E-state index contributed by atoms with van der Waals surface area (Å²) in [6.07, 6.45) is 2.00. The Balaban J connectivity index is 2.00. The minimum absolute atomic E-state index is 0.125. The number of sulfonamides is 1. The molecule has 27 heavy (non-hydrogen) atoms. The molecule has 146 valence electrons. The molecule has 0 aliphatic carbocycles. The van der Waals surface area contributed by atoms with Crippen LogP contribution >= 0.6 is 0 Å². The molecule has 0 heterocycles. The predicted molar refractivity (Wildman–Crippen MR) is 109 cm³/mol. The maximum atomic E-state index is 12.2. The van der Waals surface area contributed by atoms with Gasteiger partial charge in [-0.3, -0.25) is 9.10 Å². The molecule has 2 aromatic carbocycles. The van der Waals surface area contributed by atoms with Crippen LogP contribution in [0, 0.1) is 6.92 Å². The van der Waals surface area contributed by atoms with Gasteiger partial charge in [0.1, 0.15) is 5.75 Å². The van der Waals surface area contributed by atoms with Gasteiger partial charge >= 0.3 is 0 Å². The van der Waals surface area contributed by atoms with Crippen molar-refractivity contribution < 1.29 is 17.9 Å². The number of para-hydroxylation sites is 1. The minimum Gasteiger partial charge on any atom is -0.484 e. The number of aryl methyl sites for hydroxylation is 2. The van der Waals surface area contributed by atoms with Gasteiger partial charge in [-0.15, -0.1) is 0 Å². The SMILES string of the molecule is CCc1cccc(C)c1NC(=O)COc1ccc(N(CC)S(C)(=O)=O)cc1. The first-order chi connectivity index (χ1) is 12.8. The van der Waals surface area contributed by atoms with Gasteiger partial charge in [0, 0.05) is 12.2 Å². The Morgan fingerprint density at radius 3 is 2.33 bits per heavy atom. The third-order valence-corrected chi connectivity index (χ3v) is 5.46. The van der Waals surface area contributed by atoms with E-state index in [1.807, 2.05) is 32.0 Å². The molecule has 1 amide bonds. The molecule has 0 aliphatic rings. The normalized spacial score (nSPS) is 11.1. The van der Waals surface area contributed by atoms with Crippen LogP contribution in [-0.4, -0.2) is 33.7 Å². The molecule has 0 spiro atoms. The van der Waals surface area contributed by atoms with Crippen LogP contribution < -0.4 is 14.4 Å². The molecule has 6 nitrogen and oxygen atoms in total. The van der Waals surface area contributed by atoms with Crippen molar-refractivity contribution in [3.63, 3.8) is 0 Å². The number of benzene rings is 2. The second kappa shape index (κ2) is 8.90. The lowest BCUT2D eigenvalue weighted by atomic mass is 10.1. The van der Waals surface area contributed by atoms with E-state index in [0.717, 1.165) is 23.2 Å². The predicted octanol–water partition coefficient (Wildman–Crippen LogP) is 3.36. The summed E-state index contributed by atoms with van der Waals surface area (Å²) in [6.45, 7) is 5.98. The van der Waals surface area contributed by atoms with Crippen LogP contribution in [0.4, 0.5) is 11.4 Å². The van der Waals surface area contributed by atoms with Crippen LogP contribution in [0.3, 0.4) is 0 Å². The van der Waals surface area contributed by atoms with E-state index in [-0.39, 0.29) is 12.5 Å². The van der Waals surface area contributed by atoms with Crippen LogP contribution in [0.15, 0.2) is 42.5 Å². The molecule has 7 heteroatoms. The van der Waals surface area contributed by atoms with Crippen molar-refractivity contribution >= 4 is 27.3 Å². The van der Waals surface area contributed by atoms with Gasteiger partial charge < -0.3 is 10.1 Å². The van der Waals surface area contributed by atoms with Gasteiger partial charge in [0.25, 0.3) is 5.91 Å². The lowest BCUT2D eigenvalue weighted by Gasteiger charge is -2.20. The number of nitrogens with zero attached hydrogens (tertiary/aromatic N) is 1. The largest absolute Gasteiger partial charge is 0.484 e. The Bertz CT molecular complexity index is 893. The number of rotatable bonds is 8. The summed E-state index contributed by atoms with van der Waals surface area (Å²) in [5, 5.41) is 2.91. The van der Waals surface area contributed by atoms with Gasteiger partial charge in [-0.25, -0.2) is 8.42 Å².